The largest absolute Gasteiger partial charge is 0.416 e. The summed E-state index contributed by atoms with van der Waals surface area (Å²) in [4.78, 5) is 39.2. The van der Waals surface area contributed by atoms with Crippen LogP contribution in [0.3, 0.4) is 0 Å². The van der Waals surface area contributed by atoms with Gasteiger partial charge in [-0.25, -0.2) is 9.98 Å². The van der Waals surface area contributed by atoms with Crippen molar-refractivity contribution in [3.63, 3.8) is 0 Å². The standard InChI is InChI=1S/C38H38F3N7O3/c1-36(22-51-23-36)35(50)47-18-6-9-28(21-47)37(2)46-31(32-33(42)44-20-29(48(32)37)15-10-24-7-4-3-5-8-24)25-11-13-26(14-12-25)34(49)45-30-19-27(16-17-43-30)38(39,40)41/h3-5,7-8,10-17,19-20,28,46H,6,9,18,21-23H2,1-2H3,(H2,42,44)(H,43,45,49)/b15-10+/t28-,37?/m1/s1. The Balaban J connectivity index is 1.20. The fourth-order valence-electron chi connectivity index (χ4n) is 7.15. The zero-order chi connectivity index (χ0) is 36.0. The first kappa shape index (κ1) is 34.0. The second-order valence-electron chi connectivity index (χ2n) is 13.7. The Hall–Kier alpha value is -5.43. The van der Waals surface area contributed by atoms with Gasteiger partial charge < -0.3 is 30.9 Å². The van der Waals surface area contributed by atoms with Crippen LogP contribution >= 0.6 is 0 Å². The van der Waals surface area contributed by atoms with Crippen LogP contribution in [0.15, 0.2) is 102 Å². The fraction of sp³-hybridized carbons (Fsp3) is 0.316. The van der Waals surface area contributed by atoms with E-state index >= 15 is 0 Å². The van der Waals surface area contributed by atoms with Crippen LogP contribution in [-0.2, 0) is 15.7 Å². The lowest BCUT2D eigenvalue weighted by molar-refractivity contribution is -0.171. The average Bonchev–Trinajstić information content (AvgIpc) is 3.45. The number of aliphatic imine (C=N–C) groups is 1. The number of fused-ring (bicyclic) bond motifs is 1. The molecular formula is C38H38F3N7O3. The smallest absolute Gasteiger partial charge is 0.382 e. The number of rotatable bonds is 7. The Morgan fingerprint density at radius 1 is 1.06 bits per heavy atom. The molecule has 1 aromatic heterocycles. The molecule has 4 aliphatic rings. The normalized spacial score (nSPS) is 22.9. The van der Waals surface area contributed by atoms with Crippen molar-refractivity contribution in [1.82, 2.24) is 20.1 Å². The van der Waals surface area contributed by atoms with Crippen LogP contribution in [0, 0.1) is 11.3 Å². The Bertz CT molecular complexity index is 1970. The van der Waals surface area contributed by atoms with Crippen molar-refractivity contribution in [1.29, 1.82) is 0 Å². The molecule has 0 saturated carbocycles. The minimum Gasteiger partial charge on any atom is -0.382 e. The topological polar surface area (TPSA) is 125 Å². The van der Waals surface area contributed by atoms with Gasteiger partial charge in [-0.3, -0.25) is 9.59 Å². The van der Waals surface area contributed by atoms with Crippen LogP contribution < -0.4 is 16.4 Å². The van der Waals surface area contributed by atoms with Gasteiger partial charge in [0.2, 0.25) is 5.91 Å². The number of benzene rings is 2. The van der Waals surface area contributed by atoms with Gasteiger partial charge in [-0.1, -0.05) is 48.5 Å². The molecule has 2 amide bonds. The van der Waals surface area contributed by atoms with Crippen LogP contribution in [0.1, 0.15) is 53.7 Å². The maximum atomic E-state index is 13.6. The van der Waals surface area contributed by atoms with Gasteiger partial charge in [0.25, 0.3) is 5.91 Å². The van der Waals surface area contributed by atoms with Crippen molar-refractivity contribution in [3.8, 4) is 0 Å². The number of anilines is 1. The highest BCUT2D eigenvalue weighted by atomic mass is 19.4. The molecule has 2 atom stereocenters. The lowest BCUT2D eigenvalue weighted by atomic mass is 9.82. The number of alkyl halides is 3. The zero-order valence-corrected chi connectivity index (χ0v) is 28.2. The molecule has 1 unspecified atom stereocenters. The number of hydrogen-bond donors (Lipinski definition) is 3. The minimum absolute atomic E-state index is 0.0169. The molecule has 7 rings (SSSR count). The summed E-state index contributed by atoms with van der Waals surface area (Å²) in [5.41, 5.74) is 8.62. The van der Waals surface area contributed by atoms with Crippen LogP contribution in [0.4, 0.5) is 19.0 Å². The summed E-state index contributed by atoms with van der Waals surface area (Å²) in [5, 5.41) is 6.23. The Morgan fingerprint density at radius 2 is 1.80 bits per heavy atom. The number of allylic oxidation sites excluding steroid dienone is 1. The van der Waals surface area contributed by atoms with E-state index in [-0.39, 0.29) is 23.2 Å². The van der Waals surface area contributed by atoms with Gasteiger partial charge in [-0.15, -0.1) is 0 Å². The van der Waals surface area contributed by atoms with E-state index in [0.29, 0.717) is 43.5 Å². The van der Waals surface area contributed by atoms with Gasteiger partial charge in [0.15, 0.2) is 0 Å². The van der Waals surface area contributed by atoms with Gasteiger partial charge in [0, 0.05) is 30.8 Å². The number of nitrogens with zero attached hydrogens (tertiary/aromatic N) is 4. The number of likely N-dealkylation sites (tertiary alicyclic amines) is 1. The van der Waals surface area contributed by atoms with Crippen LogP contribution in [-0.4, -0.2) is 64.4 Å². The highest BCUT2D eigenvalue weighted by Crippen LogP contribution is 2.45. The number of ether oxygens (including phenoxy) is 1. The lowest BCUT2D eigenvalue weighted by Crippen LogP contribution is -2.62. The maximum Gasteiger partial charge on any atom is 0.416 e. The average molecular weight is 698 g/mol. The molecule has 10 nitrogen and oxygen atoms in total. The zero-order valence-electron chi connectivity index (χ0n) is 28.2. The van der Waals surface area contributed by atoms with Crippen LogP contribution in [0.25, 0.3) is 11.8 Å². The number of amidine groups is 1. The van der Waals surface area contributed by atoms with Gasteiger partial charge in [0.05, 0.1) is 41.8 Å². The van der Waals surface area contributed by atoms with Gasteiger partial charge in [-0.05, 0) is 68.2 Å². The third kappa shape index (κ3) is 6.49. The first-order chi connectivity index (χ1) is 24.4. The van der Waals surface area contributed by atoms with Crippen molar-refractivity contribution < 1.29 is 27.5 Å². The molecule has 0 aliphatic carbocycles. The van der Waals surface area contributed by atoms with Crippen LogP contribution in [0.5, 0.6) is 0 Å². The van der Waals surface area contributed by atoms with E-state index < -0.39 is 28.7 Å². The van der Waals surface area contributed by atoms with E-state index in [1.54, 1.807) is 30.5 Å². The number of carbonyl (C=O) groups excluding carboxylic acids is 2. The molecule has 0 radical (unpaired) electrons. The predicted molar refractivity (Wildman–Crippen MR) is 187 cm³/mol. The quantitative estimate of drug-likeness (QED) is 0.283. The number of aromatic nitrogens is 1. The van der Waals surface area contributed by atoms with E-state index in [4.69, 9.17) is 10.5 Å². The SMILES string of the molecule is CC1(C(=O)N2CCC[C@@H](C3(C)NC(c4ccc(C(=O)Nc5cc(C(F)(F)F)ccn5)cc4)=C4C(N)=NC=C(/C=C/c5ccccc5)N43)C2)COC1. The third-order valence-corrected chi connectivity index (χ3v) is 10.0. The van der Waals surface area contributed by atoms with Crippen molar-refractivity contribution >= 4 is 35.2 Å². The molecule has 2 aromatic carbocycles. The minimum atomic E-state index is -4.57. The van der Waals surface area contributed by atoms with Crippen molar-refractivity contribution in [2.45, 2.75) is 38.5 Å². The highest BCUT2D eigenvalue weighted by Gasteiger charge is 2.52. The molecule has 264 valence electrons. The summed E-state index contributed by atoms with van der Waals surface area (Å²) in [6.07, 6.45) is 3.88. The third-order valence-electron chi connectivity index (χ3n) is 10.0. The van der Waals surface area contributed by atoms with Crippen LogP contribution in [0.2, 0.25) is 0 Å². The molecule has 5 heterocycles. The monoisotopic (exact) mass is 697 g/mol. The summed E-state index contributed by atoms with van der Waals surface area (Å²) in [6.45, 7) is 6.10. The second-order valence-corrected chi connectivity index (χ2v) is 13.7. The van der Waals surface area contributed by atoms with Crippen molar-refractivity contribution in [2.75, 3.05) is 31.6 Å². The molecule has 0 spiro atoms. The number of amides is 2. The Morgan fingerprint density at radius 3 is 2.49 bits per heavy atom. The second kappa shape index (κ2) is 13.0. The molecule has 2 fully saturated rings. The molecule has 4 aliphatic heterocycles. The van der Waals surface area contributed by atoms with E-state index in [0.717, 1.165) is 48.0 Å². The first-order valence-electron chi connectivity index (χ1n) is 16.8. The first-order valence-corrected chi connectivity index (χ1v) is 16.8. The summed E-state index contributed by atoms with van der Waals surface area (Å²) < 4.78 is 45.0. The van der Waals surface area contributed by atoms with E-state index in [1.807, 2.05) is 54.3 Å². The Labute approximate surface area is 293 Å². The summed E-state index contributed by atoms with van der Waals surface area (Å²) >= 11 is 0. The lowest BCUT2D eigenvalue weighted by Gasteiger charge is -2.50. The van der Waals surface area contributed by atoms with E-state index in [2.05, 4.69) is 32.4 Å². The van der Waals surface area contributed by atoms with Gasteiger partial charge in [0.1, 0.15) is 23.0 Å². The van der Waals surface area contributed by atoms with Crippen molar-refractivity contribution in [2.24, 2.45) is 22.1 Å². The number of carbonyl (C=O) groups is 2. The molecule has 51 heavy (non-hydrogen) atoms. The molecule has 0 bridgehead atoms. The number of halogens is 3. The molecule has 3 aromatic rings. The molecule has 2 saturated heterocycles. The molecule has 13 heteroatoms. The van der Waals surface area contributed by atoms with E-state index in [1.165, 1.54) is 0 Å². The number of nitrogens with one attached hydrogen (secondary N) is 2. The summed E-state index contributed by atoms with van der Waals surface area (Å²) in [5.74, 6) is -0.428. The molecule has 4 N–H and O–H groups in total. The summed E-state index contributed by atoms with van der Waals surface area (Å²) in [7, 11) is 0. The van der Waals surface area contributed by atoms with Gasteiger partial charge >= 0.3 is 6.18 Å². The predicted octanol–water partition coefficient (Wildman–Crippen LogP) is 5.84. The van der Waals surface area contributed by atoms with Gasteiger partial charge in [-0.2, -0.15) is 13.2 Å². The number of nitrogens with two attached hydrogens (primary N) is 1. The van der Waals surface area contributed by atoms with E-state index in [9.17, 15) is 22.8 Å². The Kier molecular flexibility index (Phi) is 8.70. The number of pyridine rings is 1. The summed E-state index contributed by atoms with van der Waals surface area (Å²) in [6, 6.07) is 18.3. The molecular weight excluding hydrogens is 659 g/mol. The number of hydrogen-bond acceptors (Lipinski definition) is 8. The van der Waals surface area contributed by atoms with Crippen molar-refractivity contribution in [3.05, 3.63) is 119 Å². The maximum absolute atomic E-state index is 13.6. The highest BCUT2D eigenvalue weighted by molar-refractivity contribution is 6.07. The fourth-order valence-corrected chi connectivity index (χ4v) is 7.15. The number of piperidine rings is 1.